The summed E-state index contributed by atoms with van der Waals surface area (Å²) in [5.74, 6) is 0.852. The van der Waals surface area contributed by atoms with E-state index in [1.807, 2.05) is 89.3 Å². The molecule has 7 nitrogen and oxygen atoms in total. The van der Waals surface area contributed by atoms with Crippen molar-refractivity contribution in [2.24, 2.45) is 7.05 Å². The molecule has 1 N–H and O–H groups in total. The molecule has 0 atom stereocenters. The Morgan fingerprint density at radius 2 is 1.72 bits per heavy atom. The first-order chi connectivity index (χ1) is 17.6. The topological polar surface area (TPSA) is 80.1 Å². The van der Waals surface area contributed by atoms with Crippen LogP contribution in [0.2, 0.25) is 0 Å². The van der Waals surface area contributed by atoms with Gasteiger partial charge in [-0.25, -0.2) is 0 Å². The maximum atomic E-state index is 12.8. The Kier molecular flexibility index (Phi) is 6.95. The van der Waals surface area contributed by atoms with E-state index >= 15 is 0 Å². The highest BCUT2D eigenvalue weighted by molar-refractivity contribution is 7.99. The van der Waals surface area contributed by atoms with Gasteiger partial charge in [0.25, 0.3) is 0 Å². The average molecular weight is 496 g/mol. The maximum absolute atomic E-state index is 12.8. The van der Waals surface area contributed by atoms with Crippen molar-refractivity contribution in [2.75, 3.05) is 22.5 Å². The monoisotopic (exact) mass is 495 g/mol. The summed E-state index contributed by atoms with van der Waals surface area (Å²) in [6.45, 7) is 0.716. The fraction of sp³-hybridized carbons (Fsp3) is 0.143. The molecular weight excluding hydrogens is 470 g/mol. The van der Waals surface area contributed by atoms with Crippen molar-refractivity contribution in [3.8, 4) is 11.4 Å². The molecule has 1 aliphatic heterocycles. The van der Waals surface area contributed by atoms with Crippen molar-refractivity contribution >= 4 is 41.0 Å². The second-order valence-corrected chi connectivity index (χ2v) is 9.33. The molecule has 5 rings (SSSR count). The summed E-state index contributed by atoms with van der Waals surface area (Å²) in [5.41, 5.74) is 4.74. The third-order valence-electron chi connectivity index (χ3n) is 5.99. The first-order valence-corrected chi connectivity index (χ1v) is 12.6. The lowest BCUT2D eigenvalue weighted by Gasteiger charge is -2.16. The van der Waals surface area contributed by atoms with E-state index in [0.29, 0.717) is 29.0 Å². The van der Waals surface area contributed by atoms with Crippen LogP contribution in [0.4, 0.5) is 11.4 Å². The van der Waals surface area contributed by atoms with E-state index in [1.54, 1.807) is 6.08 Å². The van der Waals surface area contributed by atoms with E-state index in [4.69, 9.17) is 0 Å². The quantitative estimate of drug-likeness (QED) is 0.294. The number of hydrogen-bond donors (Lipinski definition) is 1. The zero-order chi connectivity index (χ0) is 24.9. The number of carbonyl (C=O) groups is 2. The minimum absolute atomic E-state index is 0.0657. The summed E-state index contributed by atoms with van der Waals surface area (Å²) in [7, 11) is 1.89. The summed E-state index contributed by atoms with van der Waals surface area (Å²) in [6.07, 6.45) is 4.17. The van der Waals surface area contributed by atoms with Crippen LogP contribution < -0.4 is 10.2 Å². The molecule has 0 saturated heterocycles. The Hall–Kier alpha value is -4.17. The van der Waals surface area contributed by atoms with Crippen LogP contribution in [0.25, 0.3) is 17.5 Å². The number of anilines is 2. The Morgan fingerprint density at radius 1 is 0.972 bits per heavy atom. The SMILES string of the molecule is Cn1c(SCC(=O)N2CCc3ccccc32)nnc1-c1ccc(NC(=O)C=Cc2ccccc2)cc1. The first kappa shape index (κ1) is 23.6. The maximum Gasteiger partial charge on any atom is 0.248 e. The Labute approximate surface area is 213 Å². The van der Waals surface area contributed by atoms with Crippen LogP contribution in [0.3, 0.4) is 0 Å². The van der Waals surface area contributed by atoms with E-state index < -0.39 is 0 Å². The minimum Gasteiger partial charge on any atom is -0.323 e. The number of nitrogens with one attached hydrogen (secondary N) is 1. The number of thioether (sulfide) groups is 1. The van der Waals surface area contributed by atoms with Gasteiger partial charge in [0, 0.05) is 36.6 Å². The molecule has 0 saturated carbocycles. The van der Waals surface area contributed by atoms with Crippen LogP contribution in [0.1, 0.15) is 11.1 Å². The van der Waals surface area contributed by atoms with Gasteiger partial charge in [-0.15, -0.1) is 10.2 Å². The van der Waals surface area contributed by atoms with Gasteiger partial charge >= 0.3 is 0 Å². The number of aromatic nitrogens is 3. The highest BCUT2D eigenvalue weighted by Gasteiger charge is 2.24. The van der Waals surface area contributed by atoms with Gasteiger partial charge in [-0.3, -0.25) is 9.59 Å². The Bertz CT molecular complexity index is 1410. The second-order valence-electron chi connectivity index (χ2n) is 8.39. The average Bonchev–Trinajstić information content (AvgIpc) is 3.51. The highest BCUT2D eigenvalue weighted by Crippen LogP contribution is 2.29. The molecule has 8 heteroatoms. The molecule has 0 spiro atoms. The molecule has 1 aromatic heterocycles. The van der Waals surface area contributed by atoms with Crippen molar-refractivity contribution in [3.63, 3.8) is 0 Å². The molecule has 3 aromatic carbocycles. The van der Waals surface area contributed by atoms with Gasteiger partial charge in [-0.1, -0.05) is 60.3 Å². The molecule has 2 amide bonds. The molecule has 0 fully saturated rings. The van der Waals surface area contributed by atoms with E-state index in [2.05, 4.69) is 21.6 Å². The van der Waals surface area contributed by atoms with Crippen LogP contribution >= 0.6 is 11.8 Å². The van der Waals surface area contributed by atoms with Gasteiger partial charge in [-0.05, 0) is 54.0 Å². The molecule has 1 aliphatic rings. The summed E-state index contributed by atoms with van der Waals surface area (Å²) in [6, 6.07) is 25.2. The molecule has 0 bridgehead atoms. The minimum atomic E-state index is -0.200. The first-order valence-electron chi connectivity index (χ1n) is 11.6. The number of amides is 2. The second kappa shape index (κ2) is 10.6. The highest BCUT2D eigenvalue weighted by atomic mass is 32.2. The number of fused-ring (bicyclic) bond motifs is 1. The number of rotatable bonds is 7. The van der Waals surface area contributed by atoms with Crippen LogP contribution in [-0.4, -0.2) is 38.9 Å². The fourth-order valence-electron chi connectivity index (χ4n) is 4.12. The Balaban J connectivity index is 1.19. The van der Waals surface area contributed by atoms with Crippen LogP contribution in [-0.2, 0) is 23.1 Å². The van der Waals surface area contributed by atoms with Crippen LogP contribution in [0, 0.1) is 0 Å². The Morgan fingerprint density at radius 3 is 2.53 bits per heavy atom. The molecule has 36 heavy (non-hydrogen) atoms. The lowest BCUT2D eigenvalue weighted by Crippen LogP contribution is -2.30. The van der Waals surface area contributed by atoms with Crippen molar-refractivity contribution < 1.29 is 9.59 Å². The summed E-state index contributed by atoms with van der Waals surface area (Å²) >= 11 is 1.38. The smallest absolute Gasteiger partial charge is 0.248 e. The zero-order valence-corrected chi connectivity index (χ0v) is 20.6. The lowest BCUT2D eigenvalue weighted by atomic mass is 10.2. The van der Waals surface area contributed by atoms with Crippen molar-refractivity contribution in [3.05, 3.63) is 96.1 Å². The molecule has 0 aliphatic carbocycles. The van der Waals surface area contributed by atoms with E-state index in [9.17, 15) is 9.59 Å². The molecule has 2 heterocycles. The van der Waals surface area contributed by atoms with Gasteiger partial charge < -0.3 is 14.8 Å². The van der Waals surface area contributed by atoms with Gasteiger partial charge in [0.15, 0.2) is 11.0 Å². The van der Waals surface area contributed by atoms with Gasteiger partial charge in [0.05, 0.1) is 5.75 Å². The van der Waals surface area contributed by atoms with Crippen LogP contribution in [0.15, 0.2) is 90.1 Å². The molecule has 180 valence electrons. The molecular formula is C28H25N5O2S. The number of carbonyl (C=O) groups excluding carboxylic acids is 2. The number of nitrogens with zero attached hydrogens (tertiary/aromatic N) is 4. The van der Waals surface area contributed by atoms with Gasteiger partial charge in [0.2, 0.25) is 11.8 Å². The van der Waals surface area contributed by atoms with Gasteiger partial charge in [0.1, 0.15) is 0 Å². The van der Waals surface area contributed by atoms with E-state index in [0.717, 1.165) is 23.2 Å². The van der Waals surface area contributed by atoms with Crippen molar-refractivity contribution in [1.82, 2.24) is 14.8 Å². The largest absolute Gasteiger partial charge is 0.323 e. The number of hydrogen-bond acceptors (Lipinski definition) is 5. The lowest BCUT2D eigenvalue weighted by molar-refractivity contribution is -0.116. The predicted octanol–water partition coefficient (Wildman–Crippen LogP) is 4.82. The van der Waals surface area contributed by atoms with E-state index in [-0.39, 0.29) is 11.8 Å². The predicted molar refractivity (Wildman–Crippen MR) is 144 cm³/mol. The number of para-hydroxylation sites is 1. The van der Waals surface area contributed by atoms with Crippen molar-refractivity contribution in [2.45, 2.75) is 11.6 Å². The fourth-order valence-corrected chi connectivity index (χ4v) is 4.90. The van der Waals surface area contributed by atoms with Crippen LogP contribution in [0.5, 0.6) is 0 Å². The summed E-state index contributed by atoms with van der Waals surface area (Å²) in [4.78, 5) is 26.9. The molecule has 4 aromatic rings. The number of benzene rings is 3. The van der Waals surface area contributed by atoms with Crippen molar-refractivity contribution in [1.29, 1.82) is 0 Å². The van der Waals surface area contributed by atoms with Gasteiger partial charge in [-0.2, -0.15) is 0 Å². The third-order valence-corrected chi connectivity index (χ3v) is 6.99. The summed E-state index contributed by atoms with van der Waals surface area (Å²) < 4.78 is 1.88. The zero-order valence-electron chi connectivity index (χ0n) is 19.8. The molecule has 0 radical (unpaired) electrons. The molecule has 0 unspecified atom stereocenters. The summed E-state index contributed by atoms with van der Waals surface area (Å²) in [5, 5.41) is 12.1. The third kappa shape index (κ3) is 5.23. The van der Waals surface area contributed by atoms with E-state index in [1.165, 1.54) is 23.4 Å². The normalized spacial score (nSPS) is 12.6. The standard InChI is InChI=1S/C28H25N5O2S/c1-32-27(22-12-14-23(15-13-22)29-25(34)16-11-20-7-3-2-4-8-20)30-31-28(32)36-19-26(35)33-18-17-21-9-5-6-10-24(21)33/h2-16H,17-19H2,1H3,(H,29,34).